The summed E-state index contributed by atoms with van der Waals surface area (Å²) in [5, 5.41) is 34.7. The van der Waals surface area contributed by atoms with Crippen LogP contribution in [0.2, 0.25) is 0 Å². The Labute approximate surface area is 184 Å². The van der Waals surface area contributed by atoms with E-state index in [4.69, 9.17) is 11.2 Å². The minimum atomic E-state index is -2.06. The first kappa shape index (κ1) is 20.4. The van der Waals surface area contributed by atoms with Crippen molar-refractivity contribution in [3.63, 3.8) is 0 Å². The molecular weight excluding hydrogens is 410 g/mol. The molecule has 5 rings (SSSR count). The first-order valence-corrected chi connectivity index (χ1v) is 10.2. The van der Waals surface area contributed by atoms with Crippen LogP contribution in [0.1, 0.15) is 29.8 Å². The summed E-state index contributed by atoms with van der Waals surface area (Å²) in [7, 11) is 0. The van der Waals surface area contributed by atoms with Crippen LogP contribution in [-0.2, 0) is 11.2 Å². The van der Waals surface area contributed by atoms with Crippen LogP contribution < -0.4 is 5.32 Å². The quantitative estimate of drug-likeness (QED) is 0.441. The number of aliphatic hydroxyl groups excluding tert-OH is 2. The molecule has 32 heavy (non-hydrogen) atoms. The molecule has 0 spiro atoms. The van der Waals surface area contributed by atoms with Crippen molar-refractivity contribution in [3.8, 4) is 24.2 Å². The summed E-state index contributed by atoms with van der Waals surface area (Å²) in [6.07, 6.45) is 6.24. The number of ether oxygens (including phenoxy) is 1. The zero-order valence-electron chi connectivity index (χ0n) is 17.0. The van der Waals surface area contributed by atoms with Crippen molar-refractivity contribution in [2.75, 3.05) is 11.9 Å². The van der Waals surface area contributed by atoms with E-state index in [-0.39, 0.29) is 6.04 Å². The van der Waals surface area contributed by atoms with Crippen LogP contribution in [0.25, 0.3) is 11.2 Å². The molecule has 4 N–H and O–H groups in total. The minimum absolute atomic E-state index is 0.0937. The fourth-order valence-corrected chi connectivity index (χ4v) is 4.47. The van der Waals surface area contributed by atoms with Crippen LogP contribution >= 0.6 is 0 Å². The predicted octanol–water partition coefficient (Wildman–Crippen LogP) is 0.544. The Bertz CT molecular complexity index is 1270. The second kappa shape index (κ2) is 7.90. The molecule has 0 unspecified atom stereocenters. The summed E-state index contributed by atoms with van der Waals surface area (Å²) in [4.78, 5) is 13.1. The van der Waals surface area contributed by atoms with Gasteiger partial charge in [0.1, 0.15) is 18.5 Å². The van der Waals surface area contributed by atoms with Gasteiger partial charge in [-0.15, -0.1) is 6.42 Å². The van der Waals surface area contributed by atoms with Gasteiger partial charge in [-0.1, -0.05) is 24.3 Å². The number of aromatic nitrogens is 4. The molecule has 1 saturated heterocycles. The van der Waals surface area contributed by atoms with Crippen LogP contribution in [0, 0.1) is 24.2 Å². The highest BCUT2D eigenvalue weighted by molar-refractivity contribution is 5.83. The second-order valence-electron chi connectivity index (χ2n) is 7.85. The molecule has 9 nitrogen and oxygen atoms in total. The Morgan fingerprint density at radius 3 is 2.94 bits per heavy atom. The van der Waals surface area contributed by atoms with Gasteiger partial charge in [-0.3, -0.25) is 4.57 Å². The third-order valence-corrected chi connectivity index (χ3v) is 6.05. The third-order valence-electron chi connectivity index (χ3n) is 6.05. The number of imidazole rings is 1. The van der Waals surface area contributed by atoms with Gasteiger partial charge in [-0.2, -0.15) is 0 Å². The van der Waals surface area contributed by atoms with Crippen molar-refractivity contribution in [2.24, 2.45) is 0 Å². The molecule has 0 saturated carbocycles. The van der Waals surface area contributed by atoms with Gasteiger partial charge in [-0.25, -0.2) is 15.0 Å². The summed E-state index contributed by atoms with van der Waals surface area (Å²) < 4.78 is 7.20. The van der Waals surface area contributed by atoms with Gasteiger partial charge in [0.25, 0.3) is 0 Å². The summed E-state index contributed by atoms with van der Waals surface area (Å²) in [6, 6.07) is 8.37. The fraction of sp³-hybridized carbons (Fsp3) is 0.348. The number of terminal acetylenes is 1. The van der Waals surface area contributed by atoms with E-state index in [9.17, 15) is 15.3 Å². The Balaban J connectivity index is 1.53. The molecule has 1 fully saturated rings. The van der Waals surface area contributed by atoms with Crippen molar-refractivity contribution in [1.82, 2.24) is 19.5 Å². The summed E-state index contributed by atoms with van der Waals surface area (Å²) >= 11 is 0. The number of rotatable bonds is 4. The van der Waals surface area contributed by atoms with E-state index in [1.165, 1.54) is 28.3 Å². The van der Waals surface area contributed by atoms with Crippen molar-refractivity contribution < 1.29 is 20.1 Å². The number of hydrogen-bond donors (Lipinski definition) is 4. The minimum Gasteiger partial charge on any atom is -0.394 e. The van der Waals surface area contributed by atoms with Crippen molar-refractivity contribution >= 4 is 17.0 Å². The SMILES string of the molecule is C#CC#C[C@@]1(O)[C@H](O)[C@@H](CO)O[C@H]1n1cnc2c(N[C@H]3CCc4ccccc43)ncnc21. The maximum absolute atomic E-state index is 11.1. The standard InChI is InChI=1S/C23H21N5O4/c1-2-3-10-23(31)19(30)17(11-29)32-22(23)28-13-26-18-20(24-12-25-21(18)28)27-16-9-8-14-6-4-5-7-15(14)16/h1,4-7,12-13,16-17,19,22,29-31H,8-9,11H2,(H,24,25,27)/t16-,17+,19+,22+,23+/m0/s1. The van der Waals surface area contributed by atoms with Crippen molar-refractivity contribution in [2.45, 2.75) is 42.9 Å². The molecule has 2 aliphatic rings. The largest absolute Gasteiger partial charge is 0.394 e. The molecule has 1 aliphatic carbocycles. The van der Waals surface area contributed by atoms with Crippen LogP contribution in [0.15, 0.2) is 36.9 Å². The third kappa shape index (κ3) is 3.11. The number of aryl methyl sites for hydroxylation is 1. The van der Waals surface area contributed by atoms with Gasteiger partial charge in [0.2, 0.25) is 5.60 Å². The topological polar surface area (TPSA) is 126 Å². The first-order valence-electron chi connectivity index (χ1n) is 10.2. The molecule has 2 aromatic heterocycles. The van der Waals surface area contributed by atoms with Gasteiger partial charge < -0.3 is 25.4 Å². The molecule has 162 valence electrons. The lowest BCUT2D eigenvalue weighted by atomic mass is 9.94. The van der Waals surface area contributed by atoms with Crippen LogP contribution in [0.5, 0.6) is 0 Å². The lowest BCUT2D eigenvalue weighted by Gasteiger charge is -2.26. The van der Waals surface area contributed by atoms with Gasteiger partial charge in [0.15, 0.2) is 23.2 Å². The Morgan fingerprint density at radius 2 is 2.12 bits per heavy atom. The van der Waals surface area contributed by atoms with Gasteiger partial charge >= 0.3 is 0 Å². The van der Waals surface area contributed by atoms with Gasteiger partial charge in [-0.05, 0) is 41.7 Å². The number of anilines is 1. The fourth-order valence-electron chi connectivity index (χ4n) is 4.47. The van der Waals surface area contributed by atoms with E-state index < -0.39 is 30.6 Å². The van der Waals surface area contributed by atoms with Crippen molar-refractivity contribution in [1.29, 1.82) is 0 Å². The van der Waals surface area contributed by atoms with Crippen LogP contribution in [-0.4, -0.2) is 59.3 Å². The zero-order chi connectivity index (χ0) is 22.3. The predicted molar refractivity (Wildman–Crippen MR) is 115 cm³/mol. The molecule has 3 heterocycles. The number of nitrogens with one attached hydrogen (secondary N) is 1. The van der Waals surface area contributed by atoms with E-state index in [0.717, 1.165) is 12.8 Å². The van der Waals surface area contributed by atoms with Gasteiger partial charge in [0, 0.05) is 0 Å². The smallest absolute Gasteiger partial charge is 0.200 e. The number of hydrogen-bond acceptors (Lipinski definition) is 8. The van der Waals surface area contributed by atoms with E-state index in [1.807, 2.05) is 12.1 Å². The lowest BCUT2D eigenvalue weighted by Crippen LogP contribution is -2.45. The number of fused-ring (bicyclic) bond motifs is 2. The highest BCUT2D eigenvalue weighted by Gasteiger charge is 2.56. The maximum atomic E-state index is 11.1. The maximum Gasteiger partial charge on any atom is 0.200 e. The molecule has 0 radical (unpaired) electrons. The van der Waals surface area contributed by atoms with E-state index in [2.05, 4.69) is 50.2 Å². The van der Waals surface area contributed by atoms with E-state index >= 15 is 0 Å². The second-order valence-corrected chi connectivity index (χ2v) is 7.85. The molecule has 1 aliphatic heterocycles. The monoisotopic (exact) mass is 431 g/mol. The van der Waals surface area contributed by atoms with Gasteiger partial charge in [0.05, 0.1) is 19.0 Å². The number of aliphatic hydroxyl groups is 3. The molecule has 0 amide bonds. The summed E-state index contributed by atoms with van der Waals surface area (Å²) in [6.45, 7) is -0.507. The van der Waals surface area contributed by atoms with Crippen LogP contribution in [0.4, 0.5) is 5.82 Å². The zero-order valence-corrected chi connectivity index (χ0v) is 17.0. The molecule has 1 aromatic carbocycles. The Hall–Kier alpha value is -3.47. The normalized spacial score (nSPS) is 28.7. The Kier molecular flexibility index (Phi) is 5.04. The highest BCUT2D eigenvalue weighted by Crippen LogP contribution is 2.40. The molecule has 5 atom stereocenters. The average molecular weight is 431 g/mol. The van der Waals surface area contributed by atoms with Crippen LogP contribution in [0.3, 0.4) is 0 Å². The summed E-state index contributed by atoms with van der Waals surface area (Å²) in [5.74, 6) is 7.50. The summed E-state index contributed by atoms with van der Waals surface area (Å²) in [5.41, 5.74) is 1.34. The lowest BCUT2D eigenvalue weighted by molar-refractivity contribution is -0.0721. The molecule has 9 heteroatoms. The van der Waals surface area contributed by atoms with E-state index in [1.54, 1.807) is 0 Å². The molecule has 3 aromatic rings. The number of benzene rings is 1. The first-order chi connectivity index (χ1) is 15.6. The molecule has 0 bridgehead atoms. The van der Waals surface area contributed by atoms with E-state index in [0.29, 0.717) is 17.0 Å². The number of nitrogens with zero attached hydrogens (tertiary/aromatic N) is 4. The highest BCUT2D eigenvalue weighted by atomic mass is 16.6. The van der Waals surface area contributed by atoms with Crippen molar-refractivity contribution in [3.05, 3.63) is 48.0 Å². The molecular formula is C23H21N5O4. The average Bonchev–Trinajstić information content (AvgIpc) is 3.49. The Morgan fingerprint density at radius 1 is 1.28 bits per heavy atom.